The van der Waals surface area contributed by atoms with Crippen molar-refractivity contribution in [2.45, 2.75) is 8.95 Å². The number of carbonyl (C=O) groups excluding carboxylic acids is 1. The topological polar surface area (TPSA) is 95.1 Å². The molecule has 1 aliphatic rings. The summed E-state index contributed by atoms with van der Waals surface area (Å²) >= 11 is 2.22. The monoisotopic (exact) mass is 443 g/mol. The van der Waals surface area contributed by atoms with Crippen LogP contribution in [0.3, 0.4) is 0 Å². The van der Waals surface area contributed by atoms with E-state index < -0.39 is 8.95 Å². The summed E-state index contributed by atoms with van der Waals surface area (Å²) in [6, 6.07) is 11.6. The first kappa shape index (κ1) is 16.4. The molecule has 22 heavy (non-hydrogen) atoms. The van der Waals surface area contributed by atoms with Crippen LogP contribution in [0.4, 0.5) is 0 Å². The molecule has 114 valence electrons. The lowest BCUT2D eigenvalue weighted by Gasteiger charge is -2.21. The molecule has 3 unspecified atom stereocenters. The molecule has 0 aromatic heterocycles. The van der Waals surface area contributed by atoms with Crippen molar-refractivity contribution in [1.82, 2.24) is 0 Å². The van der Waals surface area contributed by atoms with E-state index in [9.17, 15) is 4.79 Å². The highest BCUT2D eigenvalue weighted by Gasteiger charge is 2.39. The first-order chi connectivity index (χ1) is 10.1. The number of rotatable bonds is 2. The molecule has 0 bridgehead atoms. The van der Waals surface area contributed by atoms with Crippen LogP contribution in [0.15, 0.2) is 36.4 Å². The highest BCUT2D eigenvalue weighted by atomic mass is 127. The van der Waals surface area contributed by atoms with Crippen LogP contribution in [0.5, 0.6) is 0 Å². The van der Waals surface area contributed by atoms with Crippen LogP contribution in [0, 0.1) is 0 Å². The molecular formula is C15H16IN3OP2. The van der Waals surface area contributed by atoms with Crippen LogP contribution in [-0.2, 0) is 3.55 Å². The first-order valence-corrected chi connectivity index (χ1v) is 8.80. The molecule has 0 heterocycles. The maximum absolute atomic E-state index is 12.3. The molecule has 0 amide bonds. The van der Waals surface area contributed by atoms with Gasteiger partial charge in [-0.15, -0.1) is 9.24 Å². The SMILES string of the molecule is NC(N)(P)C(=O)c1ccc2c(c1)C(N)(I)c1cc(P)ccc1-2. The predicted octanol–water partition coefficient (Wildman–Crippen LogP) is 1.39. The Balaban J connectivity index is 2.19. The lowest BCUT2D eigenvalue weighted by atomic mass is 9.99. The number of nitrogens with two attached hydrogens (primary N) is 3. The summed E-state index contributed by atoms with van der Waals surface area (Å²) in [5, 5.41) is -0.405. The van der Waals surface area contributed by atoms with Gasteiger partial charge in [-0.2, -0.15) is 0 Å². The van der Waals surface area contributed by atoms with Crippen molar-refractivity contribution in [1.29, 1.82) is 0 Å². The zero-order valence-electron chi connectivity index (χ0n) is 11.6. The number of alkyl halides is 1. The molecule has 1 aliphatic carbocycles. The van der Waals surface area contributed by atoms with Gasteiger partial charge in [-0.3, -0.25) is 4.79 Å². The maximum atomic E-state index is 12.3. The molecule has 6 N–H and O–H groups in total. The quantitative estimate of drug-likeness (QED) is 0.163. The van der Waals surface area contributed by atoms with E-state index in [1.165, 1.54) is 0 Å². The highest BCUT2D eigenvalue weighted by molar-refractivity contribution is 14.1. The molecular weight excluding hydrogens is 427 g/mol. The van der Waals surface area contributed by atoms with E-state index in [2.05, 4.69) is 53.2 Å². The standard InChI is InChI=1S/C15H16IN3OP2/c16-14(17)11-5-7(13(20)15(18,19)22)1-3-9(11)10-4-2-8(21)6-12(10)14/h1-6H,17-19,21-22H2. The van der Waals surface area contributed by atoms with E-state index >= 15 is 0 Å². The van der Waals surface area contributed by atoms with E-state index in [1.54, 1.807) is 12.1 Å². The molecule has 3 rings (SSSR count). The second-order valence-electron chi connectivity index (χ2n) is 5.54. The minimum Gasteiger partial charge on any atom is -0.309 e. The summed E-state index contributed by atoms with van der Waals surface area (Å²) in [7, 11) is 4.84. The lowest BCUT2D eigenvalue weighted by molar-refractivity contribution is 0.0946. The average Bonchev–Trinajstić information content (AvgIpc) is 2.65. The Kier molecular flexibility index (Phi) is 3.96. The van der Waals surface area contributed by atoms with Crippen molar-refractivity contribution >= 4 is 52.2 Å². The fourth-order valence-electron chi connectivity index (χ4n) is 2.71. The molecule has 0 spiro atoms. The van der Waals surface area contributed by atoms with Gasteiger partial charge in [0.05, 0.1) is 0 Å². The molecule has 0 aliphatic heterocycles. The Hall–Kier alpha value is -0.420. The fourth-order valence-corrected chi connectivity index (χ4v) is 4.04. The number of hydrogen-bond donors (Lipinski definition) is 3. The molecule has 2 aromatic rings. The largest absolute Gasteiger partial charge is 0.309 e. The Morgan fingerprint density at radius 2 is 1.64 bits per heavy atom. The summed E-state index contributed by atoms with van der Waals surface area (Å²) in [5.74, 6) is -0.338. The Bertz CT molecular complexity index is 800. The number of carbonyl (C=O) groups is 1. The van der Waals surface area contributed by atoms with Crippen molar-refractivity contribution in [3.8, 4) is 11.1 Å². The maximum Gasteiger partial charge on any atom is 0.200 e. The van der Waals surface area contributed by atoms with Gasteiger partial charge in [-0.05, 0) is 39.7 Å². The number of benzene rings is 2. The normalized spacial score (nSPS) is 19.7. The van der Waals surface area contributed by atoms with E-state index in [1.807, 2.05) is 12.1 Å². The van der Waals surface area contributed by atoms with Crippen molar-refractivity contribution in [3.63, 3.8) is 0 Å². The van der Waals surface area contributed by atoms with Crippen LogP contribution in [0.25, 0.3) is 11.1 Å². The molecule has 0 radical (unpaired) electrons. The molecule has 0 fully saturated rings. The third kappa shape index (κ3) is 2.54. The Morgan fingerprint density at radius 1 is 1.09 bits per heavy atom. The van der Waals surface area contributed by atoms with Crippen LogP contribution in [-0.4, -0.2) is 11.2 Å². The van der Waals surface area contributed by atoms with Crippen molar-refractivity contribution < 1.29 is 4.79 Å². The van der Waals surface area contributed by atoms with E-state index in [-0.39, 0.29) is 5.78 Å². The molecule has 7 heteroatoms. The Morgan fingerprint density at radius 3 is 2.23 bits per heavy atom. The van der Waals surface area contributed by atoms with Crippen molar-refractivity contribution in [2.75, 3.05) is 0 Å². The number of ketones is 1. The van der Waals surface area contributed by atoms with Gasteiger partial charge in [0.2, 0.25) is 5.78 Å². The molecule has 4 nitrogen and oxygen atoms in total. The van der Waals surface area contributed by atoms with Crippen molar-refractivity contribution in [2.24, 2.45) is 17.2 Å². The van der Waals surface area contributed by atoms with E-state index in [4.69, 9.17) is 17.2 Å². The molecule has 0 saturated carbocycles. The van der Waals surface area contributed by atoms with Crippen LogP contribution in [0.2, 0.25) is 0 Å². The second kappa shape index (κ2) is 5.30. The first-order valence-electron chi connectivity index (χ1n) is 6.56. The van der Waals surface area contributed by atoms with Gasteiger partial charge >= 0.3 is 0 Å². The van der Waals surface area contributed by atoms with Crippen LogP contribution >= 0.6 is 41.1 Å². The zero-order chi connectivity index (χ0) is 16.3. The highest BCUT2D eigenvalue weighted by Crippen LogP contribution is 2.49. The van der Waals surface area contributed by atoms with Gasteiger partial charge in [-0.25, -0.2) is 0 Å². The number of Topliss-reactive ketones (excluding diaryl/α,β-unsaturated/α-hetero) is 1. The van der Waals surface area contributed by atoms with E-state index in [0.29, 0.717) is 5.56 Å². The van der Waals surface area contributed by atoms with Crippen molar-refractivity contribution in [3.05, 3.63) is 53.1 Å². The molecule has 0 saturated heterocycles. The summed E-state index contributed by atoms with van der Waals surface area (Å²) in [6.07, 6.45) is 0. The van der Waals surface area contributed by atoms with Gasteiger partial charge in [-0.1, -0.05) is 56.1 Å². The van der Waals surface area contributed by atoms with Gasteiger partial charge in [0.25, 0.3) is 0 Å². The van der Waals surface area contributed by atoms with Crippen LogP contribution < -0.4 is 22.5 Å². The number of fused-ring (bicyclic) bond motifs is 3. The fraction of sp³-hybridized carbons (Fsp3) is 0.133. The molecule has 3 atom stereocenters. The van der Waals surface area contributed by atoms with Gasteiger partial charge in [0.1, 0.15) is 8.95 Å². The molecule has 2 aromatic carbocycles. The summed E-state index contributed by atoms with van der Waals surface area (Å²) in [6.45, 7) is 0. The lowest BCUT2D eigenvalue weighted by Crippen LogP contribution is -2.50. The number of halogens is 1. The smallest absolute Gasteiger partial charge is 0.200 e. The third-order valence-electron chi connectivity index (χ3n) is 3.79. The average molecular weight is 443 g/mol. The third-order valence-corrected chi connectivity index (χ3v) is 5.58. The Labute approximate surface area is 147 Å². The number of hydrogen-bond acceptors (Lipinski definition) is 4. The minimum atomic E-state index is -1.48. The summed E-state index contributed by atoms with van der Waals surface area (Å²) < 4.78 is -0.683. The van der Waals surface area contributed by atoms with Gasteiger partial charge in [0.15, 0.2) is 0 Å². The second-order valence-corrected chi connectivity index (χ2v) is 8.86. The van der Waals surface area contributed by atoms with E-state index in [0.717, 1.165) is 27.6 Å². The summed E-state index contributed by atoms with van der Waals surface area (Å²) in [4.78, 5) is 12.3. The van der Waals surface area contributed by atoms with Gasteiger partial charge < -0.3 is 17.2 Å². The van der Waals surface area contributed by atoms with Crippen LogP contribution in [0.1, 0.15) is 21.5 Å². The van der Waals surface area contributed by atoms with Gasteiger partial charge in [0, 0.05) is 5.56 Å². The zero-order valence-corrected chi connectivity index (χ0v) is 16.1. The summed E-state index contributed by atoms with van der Waals surface area (Å²) in [5.41, 5.74) is 22.4. The predicted molar refractivity (Wildman–Crippen MR) is 105 cm³/mol. The minimum absolute atomic E-state index is 0.338.